The molecule has 0 spiro atoms. The van der Waals surface area contributed by atoms with E-state index < -0.39 is 28.5 Å². The van der Waals surface area contributed by atoms with E-state index in [9.17, 15) is 18.0 Å². The summed E-state index contributed by atoms with van der Waals surface area (Å²) in [7, 11) is -2.58. The van der Waals surface area contributed by atoms with E-state index >= 15 is 0 Å². The van der Waals surface area contributed by atoms with Gasteiger partial charge in [0.2, 0.25) is 11.8 Å². The van der Waals surface area contributed by atoms with E-state index in [1.54, 1.807) is 48.5 Å². The molecule has 3 aromatic rings. The number of rotatable bonds is 10. The van der Waals surface area contributed by atoms with Crippen LogP contribution in [-0.2, 0) is 26.2 Å². The Kier molecular flexibility index (Phi) is 9.57. The molecule has 9 heteroatoms. The van der Waals surface area contributed by atoms with Crippen LogP contribution in [0.15, 0.2) is 71.6 Å². The predicted octanol–water partition coefficient (Wildman–Crippen LogP) is 5.01. The van der Waals surface area contributed by atoms with Crippen molar-refractivity contribution in [3.8, 4) is 0 Å². The van der Waals surface area contributed by atoms with Crippen molar-refractivity contribution in [1.29, 1.82) is 0 Å². The van der Waals surface area contributed by atoms with Gasteiger partial charge in [-0.1, -0.05) is 54.4 Å². The third-order valence-electron chi connectivity index (χ3n) is 6.56. The number of sulfonamides is 1. The molecule has 0 radical (unpaired) electrons. The molecular formula is C29H34ClN3O4S. The van der Waals surface area contributed by atoms with Gasteiger partial charge in [-0.05, 0) is 80.3 Å². The Morgan fingerprint density at radius 1 is 0.921 bits per heavy atom. The fraction of sp³-hybridized carbons (Fsp3) is 0.310. The average molecular weight is 556 g/mol. The Morgan fingerprint density at radius 2 is 1.55 bits per heavy atom. The number of halogens is 1. The van der Waals surface area contributed by atoms with Crippen LogP contribution >= 0.6 is 11.6 Å². The van der Waals surface area contributed by atoms with E-state index in [4.69, 9.17) is 11.6 Å². The molecular weight excluding hydrogens is 522 g/mol. The number of likely N-dealkylation sites (N-methyl/N-ethyl adjacent to an activating group) is 1. The lowest BCUT2D eigenvalue weighted by molar-refractivity contribution is -0.140. The summed E-state index contributed by atoms with van der Waals surface area (Å²) in [5, 5.41) is 3.17. The van der Waals surface area contributed by atoms with Crippen molar-refractivity contribution in [3.05, 3.63) is 94.0 Å². The highest BCUT2D eigenvalue weighted by Gasteiger charge is 2.33. The van der Waals surface area contributed by atoms with Crippen LogP contribution in [0.4, 0.5) is 5.69 Å². The van der Waals surface area contributed by atoms with E-state index in [-0.39, 0.29) is 17.3 Å². The molecule has 0 saturated heterocycles. The average Bonchev–Trinajstić information content (AvgIpc) is 2.89. The first-order valence-corrected chi connectivity index (χ1v) is 14.2. The highest BCUT2D eigenvalue weighted by molar-refractivity contribution is 7.92. The molecule has 0 heterocycles. The normalized spacial score (nSPS) is 12.1. The van der Waals surface area contributed by atoms with Gasteiger partial charge in [-0.15, -0.1) is 0 Å². The van der Waals surface area contributed by atoms with Crippen LogP contribution in [-0.4, -0.2) is 44.8 Å². The third-order valence-corrected chi connectivity index (χ3v) is 8.60. The maximum absolute atomic E-state index is 13.9. The SMILES string of the molecule is CC[C@H](C(=O)NC)N(Cc1ccc(Cl)cc1)C(=O)CN(c1ccc(C)c(C)c1)S(=O)(=O)c1ccc(C)cc1. The molecule has 0 aliphatic rings. The van der Waals surface area contributed by atoms with Crippen LogP contribution in [0.5, 0.6) is 0 Å². The van der Waals surface area contributed by atoms with Crippen LogP contribution in [0.2, 0.25) is 5.02 Å². The van der Waals surface area contributed by atoms with Gasteiger partial charge in [0.1, 0.15) is 12.6 Å². The Labute approximate surface area is 230 Å². The summed E-state index contributed by atoms with van der Waals surface area (Å²) in [6.07, 6.45) is 0.355. The Bertz CT molecular complexity index is 1390. The zero-order valence-electron chi connectivity index (χ0n) is 22.4. The molecule has 38 heavy (non-hydrogen) atoms. The minimum atomic E-state index is -4.10. The number of anilines is 1. The maximum atomic E-state index is 13.9. The van der Waals surface area contributed by atoms with E-state index in [1.165, 1.54) is 24.1 Å². The van der Waals surface area contributed by atoms with Crippen LogP contribution in [0.3, 0.4) is 0 Å². The number of amides is 2. The van der Waals surface area contributed by atoms with Gasteiger partial charge in [0.15, 0.2) is 0 Å². The lowest BCUT2D eigenvalue weighted by Gasteiger charge is -2.33. The van der Waals surface area contributed by atoms with E-state index in [1.807, 2.05) is 33.8 Å². The quantitative estimate of drug-likeness (QED) is 0.381. The van der Waals surface area contributed by atoms with Gasteiger partial charge in [-0.2, -0.15) is 0 Å². The van der Waals surface area contributed by atoms with Crippen molar-refractivity contribution < 1.29 is 18.0 Å². The summed E-state index contributed by atoms with van der Waals surface area (Å²) >= 11 is 6.03. The van der Waals surface area contributed by atoms with Crippen molar-refractivity contribution >= 4 is 39.1 Å². The number of hydrogen-bond donors (Lipinski definition) is 1. The summed E-state index contributed by atoms with van der Waals surface area (Å²) < 4.78 is 28.9. The van der Waals surface area contributed by atoms with Crippen molar-refractivity contribution in [3.63, 3.8) is 0 Å². The predicted molar refractivity (Wildman–Crippen MR) is 152 cm³/mol. The Morgan fingerprint density at radius 3 is 2.11 bits per heavy atom. The van der Waals surface area contributed by atoms with Gasteiger partial charge in [0.05, 0.1) is 10.6 Å². The van der Waals surface area contributed by atoms with Crippen LogP contribution in [0.25, 0.3) is 0 Å². The molecule has 2 amide bonds. The standard InChI is InChI=1S/C29H34ClN3O4S/c1-6-27(29(35)31-5)32(18-23-10-12-24(30)13-11-23)28(34)19-33(25-14-9-21(3)22(4)17-25)38(36,37)26-15-7-20(2)8-16-26/h7-17,27H,6,18-19H2,1-5H3,(H,31,35)/t27-/m1/s1. The summed E-state index contributed by atoms with van der Waals surface area (Å²) in [4.78, 5) is 28.2. The van der Waals surface area contributed by atoms with E-state index in [2.05, 4.69) is 5.32 Å². The fourth-order valence-corrected chi connectivity index (χ4v) is 5.65. The first-order chi connectivity index (χ1) is 18.0. The number of carbonyl (C=O) groups is 2. The second kappa shape index (κ2) is 12.5. The minimum absolute atomic E-state index is 0.0803. The van der Waals surface area contributed by atoms with Gasteiger partial charge in [0.25, 0.3) is 10.0 Å². The lowest BCUT2D eigenvalue weighted by atomic mass is 10.1. The summed E-state index contributed by atoms with van der Waals surface area (Å²) in [6.45, 7) is 7.16. The van der Waals surface area contributed by atoms with Gasteiger partial charge < -0.3 is 10.2 Å². The largest absolute Gasteiger partial charge is 0.357 e. The van der Waals surface area contributed by atoms with Gasteiger partial charge in [-0.3, -0.25) is 13.9 Å². The number of aryl methyl sites for hydroxylation is 3. The second-order valence-electron chi connectivity index (χ2n) is 9.28. The molecule has 0 bridgehead atoms. The summed E-state index contributed by atoms with van der Waals surface area (Å²) in [5.74, 6) is -0.821. The van der Waals surface area contributed by atoms with Crippen molar-refractivity contribution in [2.75, 3.05) is 17.9 Å². The number of hydrogen-bond acceptors (Lipinski definition) is 4. The third kappa shape index (κ3) is 6.74. The number of nitrogens with zero attached hydrogens (tertiary/aromatic N) is 2. The lowest BCUT2D eigenvalue weighted by Crippen LogP contribution is -2.51. The van der Waals surface area contributed by atoms with E-state index in [0.29, 0.717) is 17.1 Å². The van der Waals surface area contributed by atoms with Gasteiger partial charge in [-0.25, -0.2) is 8.42 Å². The molecule has 3 rings (SSSR count). The number of carbonyl (C=O) groups excluding carboxylic acids is 2. The van der Waals surface area contributed by atoms with Crippen LogP contribution in [0.1, 0.15) is 35.6 Å². The first kappa shape index (κ1) is 29.2. The number of nitrogens with one attached hydrogen (secondary N) is 1. The van der Waals surface area contributed by atoms with Gasteiger partial charge in [0, 0.05) is 18.6 Å². The Balaban J connectivity index is 2.08. The van der Waals surface area contributed by atoms with Crippen LogP contribution in [0, 0.1) is 20.8 Å². The molecule has 0 aliphatic carbocycles. The molecule has 202 valence electrons. The molecule has 0 aromatic heterocycles. The smallest absolute Gasteiger partial charge is 0.264 e. The molecule has 3 aromatic carbocycles. The minimum Gasteiger partial charge on any atom is -0.357 e. The maximum Gasteiger partial charge on any atom is 0.264 e. The van der Waals surface area contributed by atoms with E-state index in [0.717, 1.165) is 26.6 Å². The van der Waals surface area contributed by atoms with Gasteiger partial charge >= 0.3 is 0 Å². The van der Waals surface area contributed by atoms with Crippen LogP contribution < -0.4 is 9.62 Å². The highest BCUT2D eigenvalue weighted by atomic mass is 35.5. The molecule has 1 atom stereocenters. The monoisotopic (exact) mass is 555 g/mol. The number of benzene rings is 3. The zero-order valence-corrected chi connectivity index (χ0v) is 23.9. The highest BCUT2D eigenvalue weighted by Crippen LogP contribution is 2.27. The summed E-state index contributed by atoms with van der Waals surface area (Å²) in [6, 6.07) is 18.0. The molecule has 0 fully saturated rings. The topological polar surface area (TPSA) is 86.8 Å². The van der Waals surface area contributed by atoms with Crippen molar-refractivity contribution in [1.82, 2.24) is 10.2 Å². The molecule has 7 nitrogen and oxygen atoms in total. The zero-order chi connectivity index (χ0) is 28.0. The Hall–Kier alpha value is -3.36. The van der Waals surface area contributed by atoms with Crippen molar-refractivity contribution in [2.45, 2.75) is 51.6 Å². The van der Waals surface area contributed by atoms with Crippen molar-refractivity contribution in [2.24, 2.45) is 0 Å². The second-order valence-corrected chi connectivity index (χ2v) is 11.6. The molecule has 0 saturated carbocycles. The first-order valence-electron chi connectivity index (χ1n) is 12.4. The molecule has 1 N–H and O–H groups in total. The molecule has 0 aliphatic heterocycles. The fourth-order valence-electron chi connectivity index (χ4n) is 4.12. The summed E-state index contributed by atoms with van der Waals surface area (Å²) in [5.41, 5.74) is 3.96. The molecule has 0 unspecified atom stereocenters.